The van der Waals surface area contributed by atoms with Crippen LogP contribution in [0.15, 0.2) is 29.4 Å². The first-order valence-electron chi connectivity index (χ1n) is 6.35. The van der Waals surface area contributed by atoms with Crippen molar-refractivity contribution in [2.45, 2.75) is 17.4 Å². The van der Waals surface area contributed by atoms with Crippen molar-refractivity contribution in [1.82, 2.24) is 5.43 Å². The maximum Gasteiger partial charge on any atom is 0.242 e. The van der Waals surface area contributed by atoms with E-state index in [4.69, 9.17) is 4.74 Å². The summed E-state index contributed by atoms with van der Waals surface area (Å²) in [5.41, 5.74) is 3.50. The van der Waals surface area contributed by atoms with E-state index in [1.807, 2.05) is 47.8 Å². The van der Waals surface area contributed by atoms with Crippen molar-refractivity contribution in [2.24, 2.45) is 5.10 Å². The molecule has 0 unspecified atom stereocenters. The molecule has 2 rings (SSSR count). The Morgan fingerprint density at radius 1 is 1.40 bits per heavy atom. The quantitative estimate of drug-likeness (QED) is 0.671. The van der Waals surface area contributed by atoms with Crippen LogP contribution in [0.3, 0.4) is 0 Å². The standard InChI is InChI=1S/C14H18N2O2S2/c1-14(19-7-8-20-14)9-13(17)16-15-10-11-3-5-12(18-2)6-4-11/h3-6,10H,7-9H2,1-2H3,(H,16,17)/b15-10-. The molecule has 0 aromatic heterocycles. The van der Waals surface area contributed by atoms with Gasteiger partial charge in [-0.25, -0.2) is 5.43 Å². The Kier molecular flexibility index (Phi) is 5.37. The first-order chi connectivity index (χ1) is 9.61. The molecular weight excluding hydrogens is 292 g/mol. The van der Waals surface area contributed by atoms with E-state index in [-0.39, 0.29) is 9.99 Å². The molecule has 1 amide bonds. The second kappa shape index (κ2) is 7.04. The molecule has 1 aliphatic heterocycles. The van der Waals surface area contributed by atoms with Crippen LogP contribution in [0.1, 0.15) is 18.9 Å². The SMILES string of the molecule is COc1ccc(/C=N\NC(=O)CC2(C)SCCS2)cc1. The zero-order valence-electron chi connectivity index (χ0n) is 11.6. The second-order valence-corrected chi connectivity index (χ2v) is 8.03. The smallest absolute Gasteiger partial charge is 0.242 e. The van der Waals surface area contributed by atoms with E-state index in [1.165, 1.54) is 0 Å². The number of nitrogens with zero attached hydrogens (tertiary/aromatic N) is 1. The number of hydrazone groups is 1. The summed E-state index contributed by atoms with van der Waals surface area (Å²) in [6, 6.07) is 7.49. The number of carbonyl (C=O) groups is 1. The molecule has 0 spiro atoms. The molecule has 1 heterocycles. The van der Waals surface area contributed by atoms with Gasteiger partial charge < -0.3 is 4.74 Å². The predicted molar refractivity (Wildman–Crippen MR) is 86.7 cm³/mol. The van der Waals surface area contributed by atoms with Gasteiger partial charge in [-0.05, 0) is 36.8 Å². The van der Waals surface area contributed by atoms with Crippen LogP contribution >= 0.6 is 23.5 Å². The van der Waals surface area contributed by atoms with Crippen molar-refractivity contribution >= 4 is 35.6 Å². The summed E-state index contributed by atoms with van der Waals surface area (Å²) < 4.78 is 5.08. The molecule has 1 aromatic carbocycles. The number of nitrogens with one attached hydrogen (secondary N) is 1. The molecule has 0 atom stereocenters. The Bertz CT molecular complexity index is 482. The number of thioether (sulfide) groups is 2. The lowest BCUT2D eigenvalue weighted by Crippen LogP contribution is -2.26. The monoisotopic (exact) mass is 310 g/mol. The van der Waals surface area contributed by atoms with E-state index >= 15 is 0 Å². The number of benzene rings is 1. The third-order valence-corrected chi connectivity index (χ3v) is 6.19. The number of carbonyl (C=O) groups excluding carboxylic acids is 1. The molecule has 0 radical (unpaired) electrons. The van der Waals surface area contributed by atoms with Gasteiger partial charge in [0.15, 0.2) is 0 Å². The van der Waals surface area contributed by atoms with Gasteiger partial charge in [-0.3, -0.25) is 4.79 Å². The van der Waals surface area contributed by atoms with Gasteiger partial charge in [-0.2, -0.15) is 5.10 Å². The lowest BCUT2D eigenvalue weighted by Gasteiger charge is -2.19. The lowest BCUT2D eigenvalue weighted by molar-refractivity contribution is -0.121. The van der Waals surface area contributed by atoms with Crippen LogP contribution in [0.4, 0.5) is 0 Å². The van der Waals surface area contributed by atoms with E-state index in [0.717, 1.165) is 22.8 Å². The highest BCUT2D eigenvalue weighted by atomic mass is 32.2. The third-order valence-electron chi connectivity index (χ3n) is 2.90. The molecule has 1 aliphatic rings. The zero-order valence-corrected chi connectivity index (χ0v) is 13.2. The number of rotatable bonds is 5. The average molecular weight is 310 g/mol. The van der Waals surface area contributed by atoms with Crippen LogP contribution in [0.5, 0.6) is 5.75 Å². The van der Waals surface area contributed by atoms with E-state index in [0.29, 0.717) is 6.42 Å². The van der Waals surface area contributed by atoms with Crippen molar-refractivity contribution in [3.63, 3.8) is 0 Å². The van der Waals surface area contributed by atoms with Crippen LogP contribution in [-0.2, 0) is 4.79 Å². The molecule has 4 nitrogen and oxygen atoms in total. The summed E-state index contributed by atoms with van der Waals surface area (Å²) in [5, 5.41) is 3.99. The van der Waals surface area contributed by atoms with E-state index < -0.39 is 0 Å². The van der Waals surface area contributed by atoms with Crippen LogP contribution in [0.25, 0.3) is 0 Å². The number of methoxy groups -OCH3 is 1. The van der Waals surface area contributed by atoms with Gasteiger partial charge in [-0.15, -0.1) is 23.5 Å². The normalized spacial score (nSPS) is 17.3. The first kappa shape index (κ1) is 15.3. The summed E-state index contributed by atoms with van der Waals surface area (Å²) in [7, 11) is 1.63. The molecule has 0 saturated carbocycles. The highest BCUT2D eigenvalue weighted by molar-refractivity contribution is 8.21. The largest absolute Gasteiger partial charge is 0.497 e. The number of hydrogen-bond donors (Lipinski definition) is 1. The molecule has 1 aromatic rings. The van der Waals surface area contributed by atoms with Gasteiger partial charge >= 0.3 is 0 Å². The highest BCUT2D eigenvalue weighted by Gasteiger charge is 2.32. The van der Waals surface area contributed by atoms with E-state index in [1.54, 1.807) is 13.3 Å². The Hall–Kier alpha value is -1.14. The summed E-state index contributed by atoms with van der Waals surface area (Å²) in [5.74, 6) is 2.99. The Morgan fingerprint density at radius 2 is 2.05 bits per heavy atom. The fourth-order valence-electron chi connectivity index (χ4n) is 1.86. The molecular formula is C14H18N2O2S2. The summed E-state index contributed by atoms with van der Waals surface area (Å²) in [6.45, 7) is 2.11. The van der Waals surface area contributed by atoms with Crippen LogP contribution < -0.4 is 10.2 Å². The maximum absolute atomic E-state index is 11.8. The highest BCUT2D eigenvalue weighted by Crippen LogP contribution is 2.45. The number of hydrogen-bond acceptors (Lipinski definition) is 5. The maximum atomic E-state index is 11.8. The average Bonchev–Trinajstić information content (AvgIpc) is 2.86. The molecule has 0 aliphatic carbocycles. The van der Waals surface area contributed by atoms with Gasteiger partial charge in [0.05, 0.1) is 23.8 Å². The molecule has 108 valence electrons. The minimum atomic E-state index is -0.0424. The summed E-state index contributed by atoms with van der Waals surface area (Å²) in [4.78, 5) is 11.8. The van der Waals surface area contributed by atoms with E-state index in [9.17, 15) is 4.79 Å². The fraction of sp³-hybridized carbons (Fsp3) is 0.429. The van der Waals surface area contributed by atoms with Crippen molar-refractivity contribution in [3.05, 3.63) is 29.8 Å². The van der Waals surface area contributed by atoms with Gasteiger partial charge in [0.1, 0.15) is 5.75 Å². The predicted octanol–water partition coefficient (Wildman–Crippen LogP) is 2.73. The number of ether oxygens (including phenoxy) is 1. The van der Waals surface area contributed by atoms with E-state index in [2.05, 4.69) is 17.5 Å². The Labute approximate surface area is 127 Å². The molecule has 0 bridgehead atoms. The van der Waals surface area contributed by atoms with Gasteiger partial charge in [0, 0.05) is 11.5 Å². The minimum Gasteiger partial charge on any atom is -0.497 e. The lowest BCUT2D eigenvalue weighted by atomic mass is 10.2. The molecule has 1 fully saturated rings. The molecule has 20 heavy (non-hydrogen) atoms. The molecule has 6 heteroatoms. The first-order valence-corrected chi connectivity index (χ1v) is 8.32. The van der Waals surface area contributed by atoms with Crippen LogP contribution in [0.2, 0.25) is 0 Å². The topological polar surface area (TPSA) is 50.7 Å². The zero-order chi connectivity index (χ0) is 14.4. The van der Waals surface area contributed by atoms with Gasteiger partial charge in [0.2, 0.25) is 5.91 Å². The van der Waals surface area contributed by atoms with Crippen LogP contribution in [0, 0.1) is 0 Å². The van der Waals surface area contributed by atoms with Crippen molar-refractivity contribution in [3.8, 4) is 5.75 Å². The number of amides is 1. The van der Waals surface area contributed by atoms with Crippen molar-refractivity contribution in [2.75, 3.05) is 18.6 Å². The fourth-order valence-corrected chi connectivity index (χ4v) is 4.69. The molecule has 1 N–H and O–H groups in total. The van der Waals surface area contributed by atoms with Crippen LogP contribution in [-0.4, -0.2) is 34.8 Å². The summed E-state index contributed by atoms with van der Waals surface area (Å²) in [6.07, 6.45) is 2.12. The Morgan fingerprint density at radius 3 is 2.65 bits per heavy atom. The minimum absolute atomic E-state index is 0.000281. The van der Waals surface area contributed by atoms with Gasteiger partial charge in [0.25, 0.3) is 0 Å². The summed E-state index contributed by atoms with van der Waals surface area (Å²) >= 11 is 3.69. The second-order valence-electron chi connectivity index (χ2n) is 4.57. The van der Waals surface area contributed by atoms with Gasteiger partial charge in [-0.1, -0.05) is 0 Å². The molecule has 1 saturated heterocycles. The Balaban J connectivity index is 1.81. The van der Waals surface area contributed by atoms with Crippen molar-refractivity contribution in [1.29, 1.82) is 0 Å². The van der Waals surface area contributed by atoms with Crippen molar-refractivity contribution < 1.29 is 9.53 Å². The third kappa shape index (κ3) is 4.45.